The normalized spacial score (nSPS) is 15.3. The molecule has 0 bridgehead atoms. The van der Waals surface area contributed by atoms with Gasteiger partial charge in [0.05, 0.1) is 17.8 Å². The molecule has 1 saturated heterocycles. The van der Waals surface area contributed by atoms with Crippen LogP contribution in [-0.4, -0.2) is 62.7 Å². The molecule has 1 aliphatic heterocycles. The van der Waals surface area contributed by atoms with Gasteiger partial charge < -0.3 is 19.9 Å². The first-order valence-corrected chi connectivity index (χ1v) is 9.83. The van der Waals surface area contributed by atoms with E-state index >= 15 is 0 Å². The number of rotatable bonds is 5. The molecule has 0 spiro atoms. The van der Waals surface area contributed by atoms with Crippen molar-refractivity contribution in [2.75, 3.05) is 51.8 Å². The summed E-state index contributed by atoms with van der Waals surface area (Å²) in [5.74, 6) is 1.87. The monoisotopic (exact) mass is 373 g/mol. The Morgan fingerprint density at radius 3 is 2.54 bits per heavy atom. The summed E-state index contributed by atoms with van der Waals surface area (Å²) in [6.45, 7) is 6.79. The highest BCUT2D eigenvalue weighted by molar-refractivity contribution is 7.09. The topological polar surface area (TPSA) is 53.0 Å². The molecule has 2 heterocycles. The highest BCUT2D eigenvalue weighted by Gasteiger charge is 2.19. The summed E-state index contributed by atoms with van der Waals surface area (Å²) in [6, 6.07) is 8.28. The van der Waals surface area contributed by atoms with Crippen LogP contribution in [0.2, 0.25) is 0 Å². The van der Waals surface area contributed by atoms with Crippen LogP contribution in [0.5, 0.6) is 5.75 Å². The zero-order valence-corrected chi connectivity index (χ0v) is 16.6. The zero-order chi connectivity index (χ0) is 18.4. The quantitative estimate of drug-likeness (QED) is 0.644. The minimum absolute atomic E-state index is 0.856. The van der Waals surface area contributed by atoms with Crippen LogP contribution in [0.4, 0.5) is 5.69 Å². The van der Waals surface area contributed by atoms with Gasteiger partial charge >= 0.3 is 0 Å². The number of hydrogen-bond acceptors (Lipinski definition) is 5. The number of aliphatic imine (C=N–C) groups is 1. The highest BCUT2D eigenvalue weighted by Crippen LogP contribution is 2.20. The molecular formula is C19H27N5OS. The van der Waals surface area contributed by atoms with Gasteiger partial charge in [-0.1, -0.05) is 0 Å². The lowest BCUT2D eigenvalue weighted by molar-refractivity contribution is 0.372. The Morgan fingerprint density at radius 2 is 1.96 bits per heavy atom. The maximum atomic E-state index is 5.24. The van der Waals surface area contributed by atoms with E-state index in [-0.39, 0.29) is 0 Å². The molecule has 0 radical (unpaired) electrons. The molecule has 0 amide bonds. The summed E-state index contributed by atoms with van der Waals surface area (Å²) < 4.78 is 5.24. The van der Waals surface area contributed by atoms with Crippen LogP contribution in [0, 0.1) is 6.92 Å². The van der Waals surface area contributed by atoms with Crippen LogP contribution >= 0.6 is 11.3 Å². The van der Waals surface area contributed by atoms with Crippen molar-refractivity contribution in [1.29, 1.82) is 0 Å². The summed E-state index contributed by atoms with van der Waals surface area (Å²) >= 11 is 1.70. The lowest BCUT2D eigenvalue weighted by atomic mass is 10.2. The van der Waals surface area contributed by atoms with E-state index in [1.807, 2.05) is 26.1 Å². The largest absolute Gasteiger partial charge is 0.497 e. The number of nitrogens with zero attached hydrogens (tertiary/aromatic N) is 4. The number of benzene rings is 1. The fourth-order valence-corrected chi connectivity index (χ4v) is 3.77. The van der Waals surface area contributed by atoms with Crippen LogP contribution in [0.15, 0.2) is 34.6 Å². The van der Waals surface area contributed by atoms with Crippen molar-refractivity contribution in [2.24, 2.45) is 4.99 Å². The minimum atomic E-state index is 0.856. The number of aryl methyl sites for hydroxylation is 1. The predicted molar refractivity (Wildman–Crippen MR) is 109 cm³/mol. The molecule has 0 saturated carbocycles. The van der Waals surface area contributed by atoms with Gasteiger partial charge in [-0.05, 0) is 31.2 Å². The van der Waals surface area contributed by atoms with Crippen molar-refractivity contribution in [3.05, 3.63) is 40.3 Å². The first-order chi connectivity index (χ1) is 12.7. The molecule has 0 atom stereocenters. The number of thiazole rings is 1. The summed E-state index contributed by atoms with van der Waals surface area (Å²) in [7, 11) is 3.55. The summed E-state index contributed by atoms with van der Waals surface area (Å²) in [4.78, 5) is 13.7. The molecule has 1 aromatic carbocycles. The molecule has 3 rings (SSSR count). The van der Waals surface area contributed by atoms with Gasteiger partial charge in [-0.3, -0.25) is 4.99 Å². The van der Waals surface area contributed by atoms with Crippen LogP contribution in [0.25, 0.3) is 0 Å². The van der Waals surface area contributed by atoms with Crippen LogP contribution in [0.3, 0.4) is 0 Å². The van der Waals surface area contributed by atoms with Crippen molar-refractivity contribution in [3.8, 4) is 5.75 Å². The number of aromatic nitrogens is 1. The number of methoxy groups -OCH3 is 1. The van der Waals surface area contributed by atoms with Gasteiger partial charge in [0.2, 0.25) is 0 Å². The molecule has 0 aliphatic carbocycles. The smallest absolute Gasteiger partial charge is 0.193 e. The maximum absolute atomic E-state index is 5.24. The van der Waals surface area contributed by atoms with Crippen LogP contribution in [-0.2, 0) is 6.42 Å². The molecule has 1 fully saturated rings. The molecule has 1 aromatic heterocycles. The average Bonchev–Trinajstić information content (AvgIpc) is 3.11. The van der Waals surface area contributed by atoms with E-state index in [1.54, 1.807) is 18.4 Å². The molecule has 1 aliphatic rings. The summed E-state index contributed by atoms with van der Waals surface area (Å²) in [5.41, 5.74) is 2.40. The van der Waals surface area contributed by atoms with E-state index in [0.29, 0.717) is 0 Å². The molecule has 7 heteroatoms. The van der Waals surface area contributed by atoms with Gasteiger partial charge in [-0.2, -0.15) is 0 Å². The third kappa shape index (κ3) is 4.66. The Hall–Kier alpha value is -2.28. The third-order valence-electron chi connectivity index (χ3n) is 4.56. The fraction of sp³-hybridized carbons (Fsp3) is 0.474. The van der Waals surface area contributed by atoms with Crippen molar-refractivity contribution in [1.82, 2.24) is 15.2 Å². The van der Waals surface area contributed by atoms with Gasteiger partial charge in [-0.15, -0.1) is 11.3 Å². The lowest BCUT2D eigenvalue weighted by Crippen LogP contribution is -2.52. The number of anilines is 1. The van der Waals surface area contributed by atoms with Crippen molar-refractivity contribution < 1.29 is 4.74 Å². The van der Waals surface area contributed by atoms with Crippen LogP contribution in [0.1, 0.15) is 10.7 Å². The Kier molecular flexibility index (Phi) is 6.33. The molecule has 2 aromatic rings. The number of hydrogen-bond donors (Lipinski definition) is 1. The number of guanidine groups is 1. The fourth-order valence-electron chi connectivity index (χ4n) is 3.13. The van der Waals surface area contributed by atoms with Crippen molar-refractivity contribution >= 4 is 23.0 Å². The Labute approximate surface area is 159 Å². The van der Waals surface area contributed by atoms with E-state index in [2.05, 4.69) is 42.6 Å². The highest BCUT2D eigenvalue weighted by atomic mass is 32.1. The first kappa shape index (κ1) is 18.5. The van der Waals surface area contributed by atoms with E-state index in [0.717, 1.165) is 61.6 Å². The zero-order valence-electron chi connectivity index (χ0n) is 15.7. The number of nitrogens with one attached hydrogen (secondary N) is 1. The van der Waals surface area contributed by atoms with E-state index in [1.165, 1.54) is 5.69 Å². The van der Waals surface area contributed by atoms with Gasteiger partial charge in [-0.25, -0.2) is 4.98 Å². The number of ether oxygens (including phenoxy) is 1. The van der Waals surface area contributed by atoms with Gasteiger partial charge in [0.15, 0.2) is 5.96 Å². The Bertz CT molecular complexity index is 720. The lowest BCUT2D eigenvalue weighted by Gasteiger charge is -2.37. The van der Waals surface area contributed by atoms with E-state index in [9.17, 15) is 0 Å². The second-order valence-electron chi connectivity index (χ2n) is 6.25. The standard InChI is InChI=1S/C19H27N5OS/c1-15-22-16(14-26-15)8-9-21-19(20-2)24-12-10-23(11-13-24)17-4-6-18(25-3)7-5-17/h4-7,14H,8-13H2,1-3H3,(H,20,21). The summed E-state index contributed by atoms with van der Waals surface area (Å²) in [5, 5.41) is 6.73. The van der Waals surface area contributed by atoms with E-state index < -0.39 is 0 Å². The molecule has 1 N–H and O–H groups in total. The second kappa shape index (κ2) is 8.89. The Balaban J connectivity index is 1.47. The molecule has 0 unspecified atom stereocenters. The maximum Gasteiger partial charge on any atom is 0.193 e. The third-order valence-corrected chi connectivity index (χ3v) is 5.38. The second-order valence-corrected chi connectivity index (χ2v) is 7.32. The first-order valence-electron chi connectivity index (χ1n) is 8.95. The molecular weight excluding hydrogens is 346 g/mol. The number of piperazine rings is 1. The van der Waals surface area contributed by atoms with E-state index in [4.69, 9.17) is 4.74 Å². The van der Waals surface area contributed by atoms with Crippen molar-refractivity contribution in [3.63, 3.8) is 0 Å². The molecule has 26 heavy (non-hydrogen) atoms. The minimum Gasteiger partial charge on any atom is -0.497 e. The molecule has 140 valence electrons. The van der Waals surface area contributed by atoms with Gasteiger partial charge in [0.25, 0.3) is 0 Å². The molecule has 6 nitrogen and oxygen atoms in total. The van der Waals surface area contributed by atoms with Crippen LogP contribution < -0.4 is 15.0 Å². The Morgan fingerprint density at radius 1 is 1.23 bits per heavy atom. The summed E-state index contributed by atoms with van der Waals surface area (Å²) in [6.07, 6.45) is 0.926. The predicted octanol–water partition coefficient (Wildman–Crippen LogP) is 2.40. The average molecular weight is 374 g/mol. The van der Waals surface area contributed by atoms with Gasteiger partial charge in [0.1, 0.15) is 5.75 Å². The van der Waals surface area contributed by atoms with Gasteiger partial charge in [0, 0.05) is 57.3 Å². The SMILES string of the molecule is CN=C(NCCc1csc(C)n1)N1CCN(c2ccc(OC)cc2)CC1. The van der Waals surface area contributed by atoms with Crippen molar-refractivity contribution in [2.45, 2.75) is 13.3 Å².